The van der Waals surface area contributed by atoms with Crippen molar-refractivity contribution in [3.63, 3.8) is 0 Å². The highest BCUT2D eigenvalue weighted by Crippen LogP contribution is 2.43. The Morgan fingerprint density at radius 2 is 2.00 bits per heavy atom. The Balaban J connectivity index is 1.99. The Bertz CT molecular complexity index is 103. The first-order chi connectivity index (χ1) is 3.87. The zero-order valence-corrected chi connectivity index (χ0v) is 5.06. The Labute approximate surface area is 49.7 Å². The minimum atomic E-state index is 0.514. The fourth-order valence-electron chi connectivity index (χ4n) is 1.32. The number of hydrogen-bond acceptors (Lipinski definition) is 2. The summed E-state index contributed by atoms with van der Waals surface area (Å²) in [6.07, 6.45) is 2.70. The molecule has 0 spiro atoms. The fourth-order valence-corrected chi connectivity index (χ4v) is 1.32. The van der Waals surface area contributed by atoms with E-state index in [9.17, 15) is 0 Å². The molecule has 0 aromatic carbocycles. The maximum absolute atomic E-state index is 5.57. The first kappa shape index (κ1) is 4.77. The van der Waals surface area contributed by atoms with E-state index in [1.807, 2.05) is 0 Å². The lowest BCUT2D eigenvalue weighted by Crippen LogP contribution is -2.30. The van der Waals surface area contributed by atoms with Gasteiger partial charge >= 0.3 is 0 Å². The molecule has 1 heterocycles. The van der Waals surface area contributed by atoms with Crippen molar-refractivity contribution in [2.45, 2.75) is 18.4 Å². The van der Waals surface area contributed by atoms with E-state index in [0.29, 0.717) is 5.54 Å². The summed E-state index contributed by atoms with van der Waals surface area (Å²) in [5.41, 5.74) is 6.08. The highest BCUT2D eigenvalue weighted by molar-refractivity contribution is 5.08. The van der Waals surface area contributed by atoms with Gasteiger partial charge in [-0.05, 0) is 12.8 Å². The molecule has 2 rings (SSSR count). The molecule has 1 saturated heterocycles. The molecule has 1 aliphatic carbocycles. The van der Waals surface area contributed by atoms with Crippen LogP contribution < -0.4 is 5.73 Å². The van der Waals surface area contributed by atoms with Crippen LogP contribution in [0.4, 0.5) is 0 Å². The maximum Gasteiger partial charge on any atom is 0.0334 e. The van der Waals surface area contributed by atoms with Gasteiger partial charge in [-0.25, -0.2) is 0 Å². The molecule has 0 atom stereocenters. The molecule has 1 saturated carbocycles. The topological polar surface area (TPSA) is 29.0 Å². The molecule has 46 valence electrons. The zero-order chi connectivity index (χ0) is 5.61. The zero-order valence-electron chi connectivity index (χ0n) is 5.06. The molecule has 0 radical (unpaired) electrons. The van der Waals surface area contributed by atoms with Crippen molar-refractivity contribution in [2.24, 2.45) is 5.73 Å². The molecule has 2 heteroatoms. The fraction of sp³-hybridized carbons (Fsp3) is 1.00. The molecule has 2 N–H and O–H groups in total. The summed E-state index contributed by atoms with van der Waals surface area (Å²) >= 11 is 0. The van der Waals surface area contributed by atoms with Crippen molar-refractivity contribution in [1.82, 2.24) is 4.90 Å². The molecule has 0 amide bonds. The predicted octanol–water partition coefficient (Wildman–Crippen LogP) is -0.207. The smallest absolute Gasteiger partial charge is 0.0334 e. The Kier molecular flexibility index (Phi) is 0.746. The molecule has 0 aromatic rings. The molecule has 2 aliphatic rings. The van der Waals surface area contributed by atoms with Gasteiger partial charge in [0.05, 0.1) is 0 Å². The van der Waals surface area contributed by atoms with E-state index >= 15 is 0 Å². The van der Waals surface area contributed by atoms with Gasteiger partial charge in [0.2, 0.25) is 0 Å². The first-order valence-electron chi connectivity index (χ1n) is 3.32. The quantitative estimate of drug-likeness (QED) is 0.501. The average Bonchev–Trinajstić information content (AvgIpc) is 2.63. The van der Waals surface area contributed by atoms with Crippen LogP contribution in [0.25, 0.3) is 0 Å². The van der Waals surface area contributed by atoms with Crippen LogP contribution in [0.3, 0.4) is 0 Å². The molecular weight excluding hydrogens is 100 g/mol. The SMILES string of the molecule is NCC1(N2CC2)CC1. The summed E-state index contributed by atoms with van der Waals surface area (Å²) in [6, 6.07) is 0. The van der Waals surface area contributed by atoms with Crippen LogP contribution in [-0.2, 0) is 0 Å². The van der Waals surface area contributed by atoms with Gasteiger partial charge in [-0.2, -0.15) is 0 Å². The van der Waals surface area contributed by atoms with E-state index in [1.54, 1.807) is 0 Å². The van der Waals surface area contributed by atoms with Gasteiger partial charge in [-0.15, -0.1) is 0 Å². The summed E-state index contributed by atoms with van der Waals surface area (Å²) < 4.78 is 0. The van der Waals surface area contributed by atoms with Crippen LogP contribution in [-0.4, -0.2) is 30.1 Å². The lowest BCUT2D eigenvalue weighted by atomic mass is 10.3. The molecule has 2 nitrogen and oxygen atoms in total. The van der Waals surface area contributed by atoms with Gasteiger partial charge in [-0.3, -0.25) is 4.90 Å². The third-order valence-electron chi connectivity index (χ3n) is 2.33. The van der Waals surface area contributed by atoms with Crippen LogP contribution in [0.15, 0.2) is 0 Å². The number of nitrogens with two attached hydrogens (primary N) is 1. The van der Waals surface area contributed by atoms with Gasteiger partial charge in [0.15, 0.2) is 0 Å². The molecule has 0 aromatic heterocycles. The lowest BCUT2D eigenvalue weighted by Gasteiger charge is -2.11. The summed E-state index contributed by atoms with van der Waals surface area (Å²) in [4.78, 5) is 2.48. The molecule has 2 fully saturated rings. The lowest BCUT2D eigenvalue weighted by molar-refractivity contribution is 0.385. The van der Waals surface area contributed by atoms with Gasteiger partial charge in [0.25, 0.3) is 0 Å². The van der Waals surface area contributed by atoms with Gasteiger partial charge in [-0.1, -0.05) is 0 Å². The number of hydrogen-bond donors (Lipinski definition) is 1. The third kappa shape index (κ3) is 0.501. The average molecular weight is 112 g/mol. The molecule has 8 heavy (non-hydrogen) atoms. The Hall–Kier alpha value is -0.0800. The van der Waals surface area contributed by atoms with Crippen LogP contribution in [0.1, 0.15) is 12.8 Å². The van der Waals surface area contributed by atoms with Gasteiger partial charge in [0, 0.05) is 25.2 Å². The van der Waals surface area contributed by atoms with Gasteiger partial charge in [0.1, 0.15) is 0 Å². The van der Waals surface area contributed by atoms with Crippen molar-refractivity contribution in [3.8, 4) is 0 Å². The maximum atomic E-state index is 5.57. The summed E-state index contributed by atoms with van der Waals surface area (Å²) in [6.45, 7) is 3.49. The second-order valence-electron chi connectivity index (χ2n) is 2.92. The van der Waals surface area contributed by atoms with E-state index < -0.39 is 0 Å². The molecule has 0 bridgehead atoms. The van der Waals surface area contributed by atoms with E-state index in [1.165, 1.54) is 25.9 Å². The monoisotopic (exact) mass is 112 g/mol. The van der Waals surface area contributed by atoms with Crippen LogP contribution in [0.2, 0.25) is 0 Å². The second kappa shape index (κ2) is 1.25. The largest absolute Gasteiger partial charge is 0.329 e. The summed E-state index contributed by atoms with van der Waals surface area (Å²) in [5, 5.41) is 0. The minimum absolute atomic E-state index is 0.514. The number of rotatable bonds is 2. The van der Waals surface area contributed by atoms with E-state index in [2.05, 4.69) is 4.90 Å². The minimum Gasteiger partial charge on any atom is -0.329 e. The molecule has 0 unspecified atom stereocenters. The summed E-state index contributed by atoms with van der Waals surface area (Å²) in [5.74, 6) is 0. The van der Waals surface area contributed by atoms with Crippen molar-refractivity contribution in [2.75, 3.05) is 19.6 Å². The number of nitrogens with zero attached hydrogens (tertiary/aromatic N) is 1. The van der Waals surface area contributed by atoms with Crippen molar-refractivity contribution < 1.29 is 0 Å². The Morgan fingerprint density at radius 1 is 1.38 bits per heavy atom. The predicted molar refractivity (Wildman–Crippen MR) is 32.6 cm³/mol. The van der Waals surface area contributed by atoms with Crippen LogP contribution >= 0.6 is 0 Å². The normalized spacial score (nSPS) is 32.6. The van der Waals surface area contributed by atoms with Crippen LogP contribution in [0, 0.1) is 0 Å². The highest BCUT2D eigenvalue weighted by atomic mass is 15.3. The highest BCUT2D eigenvalue weighted by Gasteiger charge is 2.50. The molecular formula is C6H12N2. The van der Waals surface area contributed by atoms with Crippen molar-refractivity contribution in [3.05, 3.63) is 0 Å². The second-order valence-corrected chi connectivity index (χ2v) is 2.92. The van der Waals surface area contributed by atoms with Crippen molar-refractivity contribution >= 4 is 0 Å². The van der Waals surface area contributed by atoms with Crippen molar-refractivity contribution in [1.29, 1.82) is 0 Å². The molecule has 1 aliphatic heterocycles. The Morgan fingerprint density at radius 3 is 2.12 bits per heavy atom. The first-order valence-corrected chi connectivity index (χ1v) is 3.32. The van der Waals surface area contributed by atoms with Crippen LogP contribution in [0.5, 0.6) is 0 Å². The van der Waals surface area contributed by atoms with E-state index in [4.69, 9.17) is 5.73 Å². The van der Waals surface area contributed by atoms with E-state index in [0.717, 1.165) is 6.54 Å². The standard InChI is InChI=1S/C6H12N2/c7-5-6(1-2-6)8-3-4-8/h1-5,7H2. The third-order valence-corrected chi connectivity index (χ3v) is 2.33. The summed E-state index contributed by atoms with van der Waals surface area (Å²) in [7, 11) is 0. The van der Waals surface area contributed by atoms with E-state index in [-0.39, 0.29) is 0 Å². The van der Waals surface area contributed by atoms with Gasteiger partial charge < -0.3 is 5.73 Å².